The molecule has 1 rings (SSSR count). The standard InChI is InChI=1S/C12H15BrN2OS/c13-11-3-2-10(9-14)12(8-11)15-4-7-17-6-1-5-16/h2-3,8,15-16H,1,4-7H2. The van der Waals surface area contributed by atoms with Crippen LogP contribution in [0.4, 0.5) is 5.69 Å². The maximum atomic E-state index is 8.94. The first kappa shape index (κ1) is 14.4. The summed E-state index contributed by atoms with van der Waals surface area (Å²) in [5, 5.41) is 20.8. The molecule has 0 saturated heterocycles. The maximum absolute atomic E-state index is 8.94. The summed E-state index contributed by atoms with van der Waals surface area (Å²) in [6.07, 6.45) is 0.838. The zero-order valence-electron chi connectivity index (χ0n) is 9.45. The maximum Gasteiger partial charge on any atom is 0.101 e. The smallest absolute Gasteiger partial charge is 0.101 e. The third-order valence-corrected chi connectivity index (χ3v) is 3.67. The van der Waals surface area contributed by atoms with Gasteiger partial charge in [-0.25, -0.2) is 0 Å². The SMILES string of the molecule is N#Cc1ccc(Br)cc1NCCSCCCO. The first-order valence-electron chi connectivity index (χ1n) is 5.40. The summed E-state index contributed by atoms with van der Waals surface area (Å²) in [5.74, 6) is 1.94. The highest BCUT2D eigenvalue weighted by Gasteiger charge is 2.01. The summed E-state index contributed by atoms with van der Waals surface area (Å²) in [6, 6.07) is 7.73. The predicted molar refractivity (Wildman–Crippen MR) is 76.4 cm³/mol. The van der Waals surface area contributed by atoms with Gasteiger partial charge in [-0.15, -0.1) is 0 Å². The number of anilines is 1. The summed E-state index contributed by atoms with van der Waals surface area (Å²) in [4.78, 5) is 0. The Morgan fingerprint density at radius 3 is 2.94 bits per heavy atom. The van der Waals surface area contributed by atoms with E-state index in [1.165, 1.54) is 0 Å². The normalized spacial score (nSPS) is 9.94. The number of thioether (sulfide) groups is 1. The van der Waals surface area contributed by atoms with Crippen LogP contribution in [0.25, 0.3) is 0 Å². The summed E-state index contributed by atoms with van der Waals surface area (Å²) in [6.45, 7) is 1.08. The van der Waals surface area contributed by atoms with Gasteiger partial charge in [0.25, 0.3) is 0 Å². The average molecular weight is 315 g/mol. The van der Waals surface area contributed by atoms with Gasteiger partial charge in [0.1, 0.15) is 6.07 Å². The largest absolute Gasteiger partial charge is 0.396 e. The molecular formula is C12H15BrN2OS. The molecule has 0 aliphatic carbocycles. The first-order chi connectivity index (χ1) is 8.27. The molecular weight excluding hydrogens is 300 g/mol. The van der Waals surface area contributed by atoms with Gasteiger partial charge in [0, 0.05) is 23.4 Å². The molecule has 0 fully saturated rings. The highest BCUT2D eigenvalue weighted by atomic mass is 79.9. The van der Waals surface area contributed by atoms with E-state index in [0.29, 0.717) is 5.56 Å². The minimum atomic E-state index is 0.255. The minimum absolute atomic E-state index is 0.255. The van der Waals surface area contributed by atoms with Gasteiger partial charge in [0.15, 0.2) is 0 Å². The van der Waals surface area contributed by atoms with Crippen LogP contribution >= 0.6 is 27.7 Å². The third-order valence-electron chi connectivity index (χ3n) is 2.11. The molecule has 0 aromatic heterocycles. The second-order valence-corrected chi connectivity index (χ2v) is 5.56. The average Bonchev–Trinajstić information content (AvgIpc) is 2.34. The van der Waals surface area contributed by atoms with Crippen LogP contribution in [0.1, 0.15) is 12.0 Å². The molecule has 0 bridgehead atoms. The van der Waals surface area contributed by atoms with E-state index in [0.717, 1.165) is 34.6 Å². The monoisotopic (exact) mass is 314 g/mol. The number of rotatable bonds is 7. The second-order valence-electron chi connectivity index (χ2n) is 3.42. The second kappa shape index (κ2) is 8.40. The Balaban J connectivity index is 2.36. The molecule has 0 atom stereocenters. The molecule has 0 aliphatic rings. The Kier molecular flexibility index (Phi) is 7.10. The molecule has 0 heterocycles. The van der Waals surface area contributed by atoms with Crippen LogP contribution in [-0.2, 0) is 0 Å². The lowest BCUT2D eigenvalue weighted by Crippen LogP contribution is -2.06. The van der Waals surface area contributed by atoms with Gasteiger partial charge in [-0.2, -0.15) is 17.0 Å². The molecule has 0 radical (unpaired) electrons. The van der Waals surface area contributed by atoms with Crippen LogP contribution in [0.3, 0.4) is 0 Å². The molecule has 1 aromatic carbocycles. The van der Waals surface area contributed by atoms with Gasteiger partial charge in [-0.05, 0) is 30.4 Å². The molecule has 1 aromatic rings. The molecule has 17 heavy (non-hydrogen) atoms. The quantitative estimate of drug-likeness (QED) is 0.760. The van der Waals surface area contributed by atoms with Gasteiger partial charge >= 0.3 is 0 Å². The van der Waals surface area contributed by atoms with Gasteiger partial charge in [0.2, 0.25) is 0 Å². The molecule has 0 spiro atoms. The van der Waals surface area contributed by atoms with E-state index in [9.17, 15) is 0 Å². The molecule has 3 nitrogen and oxygen atoms in total. The number of aliphatic hydroxyl groups is 1. The van der Waals surface area contributed by atoms with E-state index in [1.54, 1.807) is 17.8 Å². The van der Waals surface area contributed by atoms with Crippen molar-refractivity contribution < 1.29 is 5.11 Å². The number of benzene rings is 1. The lowest BCUT2D eigenvalue weighted by molar-refractivity contribution is 0.296. The highest BCUT2D eigenvalue weighted by Crippen LogP contribution is 2.20. The van der Waals surface area contributed by atoms with Crippen LogP contribution in [0.5, 0.6) is 0 Å². The number of aliphatic hydroxyl groups excluding tert-OH is 1. The van der Waals surface area contributed by atoms with Crippen molar-refractivity contribution in [3.63, 3.8) is 0 Å². The van der Waals surface area contributed by atoms with Crippen molar-refractivity contribution in [2.75, 3.05) is 30.0 Å². The Labute approximate surface area is 114 Å². The summed E-state index contributed by atoms with van der Waals surface area (Å²) in [7, 11) is 0. The number of hydrogen-bond donors (Lipinski definition) is 2. The lowest BCUT2D eigenvalue weighted by atomic mass is 10.2. The van der Waals surface area contributed by atoms with Crippen LogP contribution < -0.4 is 5.32 Å². The van der Waals surface area contributed by atoms with Crippen LogP contribution in [-0.4, -0.2) is 29.8 Å². The van der Waals surface area contributed by atoms with Crippen molar-refractivity contribution in [3.05, 3.63) is 28.2 Å². The Morgan fingerprint density at radius 2 is 2.24 bits per heavy atom. The van der Waals surface area contributed by atoms with Crippen LogP contribution in [0, 0.1) is 11.3 Å². The Hall–Kier alpha value is -0.700. The van der Waals surface area contributed by atoms with E-state index in [2.05, 4.69) is 27.3 Å². The first-order valence-corrected chi connectivity index (χ1v) is 7.35. The molecule has 92 valence electrons. The fourth-order valence-electron chi connectivity index (χ4n) is 1.29. The van der Waals surface area contributed by atoms with E-state index in [4.69, 9.17) is 10.4 Å². The van der Waals surface area contributed by atoms with Crippen molar-refractivity contribution in [2.45, 2.75) is 6.42 Å². The summed E-state index contributed by atoms with van der Waals surface area (Å²) >= 11 is 5.18. The van der Waals surface area contributed by atoms with E-state index < -0.39 is 0 Å². The zero-order chi connectivity index (χ0) is 12.5. The van der Waals surface area contributed by atoms with Gasteiger partial charge < -0.3 is 10.4 Å². The van der Waals surface area contributed by atoms with E-state index in [-0.39, 0.29) is 6.61 Å². The fourth-order valence-corrected chi connectivity index (χ4v) is 2.43. The summed E-state index contributed by atoms with van der Waals surface area (Å²) < 4.78 is 0.965. The lowest BCUT2D eigenvalue weighted by Gasteiger charge is -2.08. The molecule has 5 heteroatoms. The highest BCUT2D eigenvalue weighted by molar-refractivity contribution is 9.10. The van der Waals surface area contributed by atoms with Crippen molar-refractivity contribution >= 4 is 33.4 Å². The number of halogens is 1. The zero-order valence-corrected chi connectivity index (χ0v) is 11.9. The predicted octanol–water partition coefficient (Wildman–Crippen LogP) is 2.85. The van der Waals surface area contributed by atoms with Gasteiger partial charge in [0.05, 0.1) is 11.3 Å². The molecule has 0 amide bonds. The number of hydrogen-bond acceptors (Lipinski definition) is 4. The molecule has 0 saturated carbocycles. The van der Waals surface area contributed by atoms with Crippen molar-refractivity contribution in [1.82, 2.24) is 0 Å². The molecule has 2 N–H and O–H groups in total. The fraction of sp³-hybridized carbons (Fsp3) is 0.417. The van der Waals surface area contributed by atoms with Gasteiger partial charge in [-0.3, -0.25) is 0 Å². The van der Waals surface area contributed by atoms with E-state index >= 15 is 0 Å². The van der Waals surface area contributed by atoms with Crippen LogP contribution in [0.15, 0.2) is 22.7 Å². The van der Waals surface area contributed by atoms with Crippen LogP contribution in [0.2, 0.25) is 0 Å². The number of nitrogens with one attached hydrogen (secondary N) is 1. The topological polar surface area (TPSA) is 56.0 Å². The molecule has 0 aliphatic heterocycles. The Bertz CT molecular complexity index is 393. The third kappa shape index (κ3) is 5.44. The van der Waals surface area contributed by atoms with Crippen molar-refractivity contribution in [2.24, 2.45) is 0 Å². The number of nitriles is 1. The number of nitrogens with zero attached hydrogens (tertiary/aromatic N) is 1. The van der Waals surface area contributed by atoms with Gasteiger partial charge in [-0.1, -0.05) is 15.9 Å². The van der Waals surface area contributed by atoms with E-state index in [1.807, 2.05) is 12.1 Å². The minimum Gasteiger partial charge on any atom is -0.396 e. The summed E-state index contributed by atoms with van der Waals surface area (Å²) in [5.41, 5.74) is 1.53. The molecule has 0 unspecified atom stereocenters. The van der Waals surface area contributed by atoms with Crippen molar-refractivity contribution in [1.29, 1.82) is 5.26 Å². The Morgan fingerprint density at radius 1 is 1.41 bits per heavy atom. The van der Waals surface area contributed by atoms with Crippen molar-refractivity contribution in [3.8, 4) is 6.07 Å².